The standard InChI is InChI=1S/C10H12NO4.Pb/c1-7(2)10(14)15-6-5-11-8(12)3-4-9(11)13;/h3H,1,4-6H2,2H3;. The van der Waals surface area contributed by atoms with Crippen molar-refractivity contribution in [1.82, 2.24) is 4.90 Å². The summed E-state index contributed by atoms with van der Waals surface area (Å²) in [7, 11) is 0. The number of carbonyl (C=O) groups excluding carboxylic acids is 3. The molecule has 0 N–H and O–H groups in total. The van der Waals surface area contributed by atoms with Crippen LogP contribution in [0.3, 0.4) is 0 Å². The fourth-order valence-corrected chi connectivity index (χ4v) is 2.56. The zero-order valence-electron chi connectivity index (χ0n) is 8.99. The Morgan fingerprint density at radius 3 is 2.69 bits per heavy atom. The summed E-state index contributed by atoms with van der Waals surface area (Å²) < 4.78 is 4.70. The Bertz CT molecular complexity index is 353. The van der Waals surface area contributed by atoms with Crippen molar-refractivity contribution in [2.45, 2.75) is 16.8 Å². The first-order chi connectivity index (χ1) is 7.43. The fourth-order valence-electron chi connectivity index (χ4n) is 1.27. The van der Waals surface area contributed by atoms with Crippen LogP contribution in [0, 0.1) is 0 Å². The molecule has 1 atom stereocenters. The monoisotopic (exact) mass is 418 g/mol. The third-order valence-electron chi connectivity index (χ3n) is 2.14. The summed E-state index contributed by atoms with van der Waals surface area (Å²) in [6.07, 6.45) is 0.305. The van der Waals surface area contributed by atoms with E-state index in [0.717, 1.165) is 0 Å². The summed E-state index contributed by atoms with van der Waals surface area (Å²) in [6.45, 7) is 5.16. The summed E-state index contributed by atoms with van der Waals surface area (Å²) in [5, 5.41) is 0. The summed E-state index contributed by atoms with van der Waals surface area (Å²) in [6, 6.07) is 0. The zero-order valence-corrected chi connectivity index (χ0v) is 12.9. The molecule has 1 heterocycles. The first-order valence-corrected chi connectivity index (χ1v) is 7.06. The van der Waals surface area contributed by atoms with E-state index in [1.807, 2.05) is 0 Å². The van der Waals surface area contributed by atoms with E-state index in [2.05, 4.69) is 6.58 Å². The first kappa shape index (κ1) is 13.3. The average molecular weight is 417 g/mol. The molecule has 1 aliphatic heterocycles. The molecule has 1 fully saturated rings. The predicted octanol–water partition coefficient (Wildman–Crippen LogP) is -0.178. The second kappa shape index (κ2) is 5.56. The van der Waals surface area contributed by atoms with Crippen LogP contribution in [0.1, 0.15) is 13.3 Å². The molecule has 0 aliphatic carbocycles. The number of likely N-dealkylation sites (tertiary alicyclic amines) is 1. The minimum atomic E-state index is -0.499. The van der Waals surface area contributed by atoms with Gasteiger partial charge in [-0.3, -0.25) is 0 Å². The summed E-state index contributed by atoms with van der Waals surface area (Å²) in [4.78, 5) is 35.1. The van der Waals surface area contributed by atoms with E-state index in [1.165, 1.54) is 4.90 Å². The van der Waals surface area contributed by atoms with Crippen molar-refractivity contribution in [2.75, 3.05) is 13.2 Å². The van der Waals surface area contributed by atoms with Gasteiger partial charge in [-0.1, -0.05) is 0 Å². The van der Waals surface area contributed by atoms with Gasteiger partial charge in [-0.15, -0.1) is 0 Å². The summed E-state index contributed by atoms with van der Waals surface area (Å²) >= 11 is 0.682. The van der Waals surface area contributed by atoms with Crippen LogP contribution >= 0.6 is 0 Å². The number of nitrogens with zero attached hydrogens (tertiary/aromatic N) is 1. The number of esters is 1. The van der Waals surface area contributed by atoms with Crippen LogP contribution in [0.25, 0.3) is 0 Å². The number of amides is 2. The van der Waals surface area contributed by atoms with Gasteiger partial charge in [0.1, 0.15) is 0 Å². The molecule has 3 radical (unpaired) electrons. The molecule has 5 nitrogen and oxygen atoms in total. The third kappa shape index (κ3) is 3.13. The molecule has 0 aromatic heterocycles. The van der Waals surface area contributed by atoms with E-state index < -0.39 is 5.97 Å². The van der Waals surface area contributed by atoms with Crippen LogP contribution in [-0.4, -0.2) is 61.6 Å². The SMILES string of the molecule is C=C(C)C(=O)OCCN1C(=O)C[CH]([Pb])C1=O. The Balaban J connectivity index is 2.39. The predicted molar refractivity (Wildman–Crippen MR) is 56.6 cm³/mol. The molecule has 2 amide bonds. The van der Waals surface area contributed by atoms with Crippen LogP contribution in [0.5, 0.6) is 0 Å². The van der Waals surface area contributed by atoms with E-state index in [-0.39, 0.29) is 28.4 Å². The van der Waals surface area contributed by atoms with Crippen molar-refractivity contribution in [2.24, 2.45) is 0 Å². The Hall–Kier alpha value is -0.728. The minimum absolute atomic E-state index is 0.0391. The van der Waals surface area contributed by atoms with Gasteiger partial charge in [0.2, 0.25) is 0 Å². The van der Waals surface area contributed by atoms with Gasteiger partial charge in [-0.2, -0.15) is 0 Å². The van der Waals surface area contributed by atoms with Gasteiger partial charge in [0.05, 0.1) is 0 Å². The van der Waals surface area contributed by atoms with Gasteiger partial charge in [-0.05, 0) is 0 Å². The van der Waals surface area contributed by atoms with Gasteiger partial charge >= 0.3 is 110 Å². The Morgan fingerprint density at radius 2 is 2.25 bits per heavy atom. The molecule has 0 bridgehead atoms. The molecular formula is C10H12NO4Pb. The second-order valence-corrected chi connectivity index (χ2v) is 6.27. The number of ether oxygens (including phenoxy) is 1. The van der Waals surface area contributed by atoms with Gasteiger partial charge in [0.15, 0.2) is 0 Å². The molecule has 0 saturated carbocycles. The molecule has 0 spiro atoms. The van der Waals surface area contributed by atoms with Crippen molar-refractivity contribution in [3.8, 4) is 0 Å². The number of carbonyl (C=O) groups is 3. The third-order valence-corrected chi connectivity index (χ3v) is 3.89. The van der Waals surface area contributed by atoms with Crippen molar-refractivity contribution >= 4 is 43.6 Å². The van der Waals surface area contributed by atoms with Gasteiger partial charge in [0.25, 0.3) is 0 Å². The molecule has 1 rings (SSSR count). The van der Waals surface area contributed by atoms with Crippen LogP contribution in [0.15, 0.2) is 12.2 Å². The maximum atomic E-state index is 11.5. The number of hydrogen-bond donors (Lipinski definition) is 0. The summed E-state index contributed by atoms with van der Waals surface area (Å²) in [5.74, 6) is -0.805. The van der Waals surface area contributed by atoms with Gasteiger partial charge < -0.3 is 0 Å². The van der Waals surface area contributed by atoms with E-state index in [0.29, 0.717) is 37.8 Å². The number of hydrogen-bond acceptors (Lipinski definition) is 4. The molecule has 85 valence electrons. The Kier molecular flexibility index (Phi) is 4.63. The Morgan fingerprint density at radius 1 is 1.62 bits per heavy atom. The van der Waals surface area contributed by atoms with Crippen LogP contribution in [-0.2, 0) is 19.1 Å². The zero-order chi connectivity index (χ0) is 12.3. The molecule has 0 aromatic rings. The first-order valence-electron chi connectivity index (χ1n) is 4.81. The normalized spacial score (nSPS) is 20.1. The number of rotatable bonds is 4. The molecule has 1 aliphatic rings. The van der Waals surface area contributed by atoms with Crippen LogP contribution in [0.2, 0.25) is 3.48 Å². The fraction of sp³-hybridized carbons (Fsp3) is 0.500. The van der Waals surface area contributed by atoms with Crippen molar-refractivity contribution in [1.29, 1.82) is 0 Å². The molecule has 0 aromatic carbocycles. The molecule has 1 unspecified atom stereocenters. The topological polar surface area (TPSA) is 63.7 Å². The van der Waals surface area contributed by atoms with E-state index in [9.17, 15) is 14.4 Å². The maximum absolute atomic E-state index is 11.5. The second-order valence-electron chi connectivity index (χ2n) is 3.56. The van der Waals surface area contributed by atoms with Crippen LogP contribution < -0.4 is 0 Å². The van der Waals surface area contributed by atoms with Gasteiger partial charge in [-0.25, -0.2) is 0 Å². The van der Waals surface area contributed by atoms with E-state index in [1.54, 1.807) is 6.92 Å². The quantitative estimate of drug-likeness (QED) is 0.276. The van der Waals surface area contributed by atoms with Crippen molar-refractivity contribution in [3.05, 3.63) is 12.2 Å². The van der Waals surface area contributed by atoms with Gasteiger partial charge in [0, 0.05) is 0 Å². The van der Waals surface area contributed by atoms with Crippen LogP contribution in [0.4, 0.5) is 0 Å². The number of imide groups is 1. The molecule has 16 heavy (non-hydrogen) atoms. The van der Waals surface area contributed by atoms with E-state index >= 15 is 0 Å². The molecule has 6 heteroatoms. The Labute approximate surface area is 109 Å². The molecule has 1 saturated heterocycles. The van der Waals surface area contributed by atoms with Crippen molar-refractivity contribution < 1.29 is 19.1 Å². The average Bonchev–Trinajstić information content (AvgIpc) is 2.44. The van der Waals surface area contributed by atoms with Crippen molar-refractivity contribution in [3.63, 3.8) is 0 Å². The molecular weight excluding hydrogens is 405 g/mol. The summed E-state index contributed by atoms with van der Waals surface area (Å²) in [5.41, 5.74) is 0.305. The van der Waals surface area contributed by atoms with E-state index in [4.69, 9.17) is 4.74 Å².